The second kappa shape index (κ2) is 5.30. The van der Waals surface area contributed by atoms with Gasteiger partial charge in [-0.2, -0.15) is 0 Å². The van der Waals surface area contributed by atoms with E-state index in [4.69, 9.17) is 9.47 Å². The van der Waals surface area contributed by atoms with Gasteiger partial charge in [-0.25, -0.2) is 0 Å². The first-order valence-electron chi connectivity index (χ1n) is 4.32. The van der Waals surface area contributed by atoms with E-state index in [1.807, 2.05) is 6.92 Å². The van der Waals surface area contributed by atoms with Crippen molar-refractivity contribution in [3.63, 3.8) is 0 Å². The summed E-state index contributed by atoms with van der Waals surface area (Å²) in [6.07, 6.45) is 0. The monoisotopic (exact) mass is 171 g/mol. The lowest BCUT2D eigenvalue weighted by atomic mass is 10.2. The Hall–Kier alpha value is -0.380. The van der Waals surface area contributed by atoms with Crippen molar-refractivity contribution in [3.8, 4) is 0 Å². The summed E-state index contributed by atoms with van der Waals surface area (Å²) in [7, 11) is 0. The van der Waals surface area contributed by atoms with Crippen LogP contribution in [0.15, 0.2) is 12.2 Å². The molecule has 0 aromatic heterocycles. The molecule has 0 bridgehead atoms. The molecule has 1 N–H and O–H groups in total. The van der Waals surface area contributed by atoms with E-state index in [1.165, 1.54) is 0 Å². The average molecular weight is 171 g/mol. The topological polar surface area (TPSA) is 30.5 Å². The van der Waals surface area contributed by atoms with Crippen LogP contribution < -0.4 is 5.32 Å². The second-order valence-corrected chi connectivity index (χ2v) is 3.20. The summed E-state index contributed by atoms with van der Waals surface area (Å²) in [4.78, 5) is 0. The lowest BCUT2D eigenvalue weighted by molar-refractivity contribution is -0.00771. The van der Waals surface area contributed by atoms with Crippen LogP contribution in [0.25, 0.3) is 0 Å². The molecule has 3 heteroatoms. The van der Waals surface area contributed by atoms with Gasteiger partial charge in [0.05, 0.1) is 32.5 Å². The minimum Gasteiger partial charge on any atom is -0.378 e. The van der Waals surface area contributed by atoms with E-state index in [9.17, 15) is 0 Å². The third-order valence-electron chi connectivity index (χ3n) is 1.67. The molecular formula is C9H17NO2. The van der Waals surface area contributed by atoms with Gasteiger partial charge in [0.15, 0.2) is 0 Å². The molecule has 1 aliphatic heterocycles. The molecule has 12 heavy (non-hydrogen) atoms. The molecule has 1 heterocycles. The standard InChI is InChI=1S/C9H17NO2/c1-8(2)5-11-4-3-10-9-6-12-7-9/h9-10H,1,3-7H2,2H3. The van der Waals surface area contributed by atoms with Gasteiger partial charge in [0, 0.05) is 6.54 Å². The van der Waals surface area contributed by atoms with Gasteiger partial charge in [0.2, 0.25) is 0 Å². The summed E-state index contributed by atoms with van der Waals surface area (Å²) < 4.78 is 10.3. The van der Waals surface area contributed by atoms with Gasteiger partial charge < -0.3 is 14.8 Å². The van der Waals surface area contributed by atoms with E-state index in [2.05, 4.69) is 11.9 Å². The van der Waals surface area contributed by atoms with Crippen LogP contribution in [0.4, 0.5) is 0 Å². The van der Waals surface area contributed by atoms with Crippen LogP contribution in [0.1, 0.15) is 6.92 Å². The van der Waals surface area contributed by atoms with Crippen molar-refractivity contribution in [1.29, 1.82) is 0 Å². The van der Waals surface area contributed by atoms with Gasteiger partial charge >= 0.3 is 0 Å². The van der Waals surface area contributed by atoms with Crippen molar-refractivity contribution >= 4 is 0 Å². The number of hydrogen-bond acceptors (Lipinski definition) is 3. The third kappa shape index (κ3) is 3.85. The molecule has 0 atom stereocenters. The van der Waals surface area contributed by atoms with Crippen molar-refractivity contribution in [2.24, 2.45) is 0 Å². The molecular weight excluding hydrogens is 154 g/mol. The molecule has 0 aliphatic carbocycles. The Kier molecular flexibility index (Phi) is 4.29. The van der Waals surface area contributed by atoms with Crippen molar-refractivity contribution in [2.75, 3.05) is 33.0 Å². The maximum absolute atomic E-state index is 5.31. The number of rotatable bonds is 6. The van der Waals surface area contributed by atoms with Gasteiger partial charge in [-0.15, -0.1) is 0 Å². The zero-order valence-corrected chi connectivity index (χ0v) is 7.64. The van der Waals surface area contributed by atoms with Crippen LogP contribution in [0.3, 0.4) is 0 Å². The Balaban J connectivity index is 1.79. The highest BCUT2D eigenvalue weighted by molar-refractivity contribution is 4.87. The Morgan fingerprint density at radius 2 is 2.42 bits per heavy atom. The Labute approximate surface area is 73.7 Å². The first-order valence-corrected chi connectivity index (χ1v) is 4.32. The fraction of sp³-hybridized carbons (Fsp3) is 0.778. The van der Waals surface area contributed by atoms with Crippen molar-refractivity contribution in [1.82, 2.24) is 5.32 Å². The molecule has 0 amide bonds. The Morgan fingerprint density at radius 3 is 2.92 bits per heavy atom. The molecule has 70 valence electrons. The van der Waals surface area contributed by atoms with E-state index < -0.39 is 0 Å². The van der Waals surface area contributed by atoms with E-state index in [-0.39, 0.29) is 0 Å². The predicted molar refractivity (Wildman–Crippen MR) is 48.2 cm³/mol. The number of hydrogen-bond donors (Lipinski definition) is 1. The van der Waals surface area contributed by atoms with Crippen molar-refractivity contribution in [2.45, 2.75) is 13.0 Å². The largest absolute Gasteiger partial charge is 0.378 e. The van der Waals surface area contributed by atoms with E-state index in [1.54, 1.807) is 0 Å². The van der Waals surface area contributed by atoms with Crippen LogP contribution >= 0.6 is 0 Å². The highest BCUT2D eigenvalue weighted by Gasteiger charge is 2.16. The zero-order chi connectivity index (χ0) is 8.81. The molecule has 0 radical (unpaired) electrons. The normalized spacial score (nSPS) is 17.4. The van der Waals surface area contributed by atoms with Gasteiger partial charge in [0.25, 0.3) is 0 Å². The average Bonchev–Trinajstić information content (AvgIpc) is 1.92. The third-order valence-corrected chi connectivity index (χ3v) is 1.67. The second-order valence-electron chi connectivity index (χ2n) is 3.20. The predicted octanol–water partition coefficient (Wildman–Crippen LogP) is 0.567. The van der Waals surface area contributed by atoms with Crippen LogP contribution in [-0.2, 0) is 9.47 Å². The fourth-order valence-electron chi connectivity index (χ4n) is 0.935. The van der Waals surface area contributed by atoms with E-state index in [0.29, 0.717) is 12.6 Å². The molecule has 0 unspecified atom stereocenters. The van der Waals surface area contributed by atoms with Gasteiger partial charge in [-0.1, -0.05) is 12.2 Å². The minimum absolute atomic E-state index is 0.554. The van der Waals surface area contributed by atoms with E-state index in [0.717, 1.165) is 31.9 Å². The molecule has 0 aromatic rings. The van der Waals surface area contributed by atoms with Gasteiger partial charge in [0.1, 0.15) is 0 Å². The molecule has 1 aliphatic rings. The van der Waals surface area contributed by atoms with Gasteiger partial charge in [-0.3, -0.25) is 0 Å². The van der Waals surface area contributed by atoms with Crippen LogP contribution in [0.2, 0.25) is 0 Å². The van der Waals surface area contributed by atoms with Gasteiger partial charge in [-0.05, 0) is 6.92 Å². The number of nitrogens with one attached hydrogen (secondary N) is 1. The lowest BCUT2D eigenvalue weighted by Crippen LogP contribution is -2.46. The summed E-state index contributed by atoms with van der Waals surface area (Å²) in [5.41, 5.74) is 1.07. The van der Waals surface area contributed by atoms with E-state index >= 15 is 0 Å². The first-order chi connectivity index (χ1) is 5.79. The highest BCUT2D eigenvalue weighted by Crippen LogP contribution is 1.98. The SMILES string of the molecule is C=C(C)COCCNC1COC1. The molecule has 1 rings (SSSR count). The quantitative estimate of drug-likeness (QED) is 0.468. The molecule has 0 spiro atoms. The summed E-state index contributed by atoms with van der Waals surface area (Å²) in [6, 6.07) is 0.554. The van der Waals surface area contributed by atoms with Crippen LogP contribution in [-0.4, -0.2) is 39.0 Å². The summed E-state index contributed by atoms with van der Waals surface area (Å²) in [5.74, 6) is 0. The highest BCUT2D eigenvalue weighted by atomic mass is 16.5. The van der Waals surface area contributed by atoms with Crippen LogP contribution in [0.5, 0.6) is 0 Å². The summed E-state index contributed by atoms with van der Waals surface area (Å²) in [6.45, 7) is 9.74. The Bertz CT molecular complexity index is 143. The molecule has 3 nitrogen and oxygen atoms in total. The first kappa shape index (κ1) is 9.71. The maximum atomic E-state index is 5.31. The maximum Gasteiger partial charge on any atom is 0.0672 e. The zero-order valence-electron chi connectivity index (χ0n) is 7.64. The lowest BCUT2D eigenvalue weighted by Gasteiger charge is -2.26. The Morgan fingerprint density at radius 1 is 1.67 bits per heavy atom. The van der Waals surface area contributed by atoms with Crippen molar-refractivity contribution in [3.05, 3.63) is 12.2 Å². The van der Waals surface area contributed by atoms with Crippen molar-refractivity contribution < 1.29 is 9.47 Å². The number of ether oxygens (including phenoxy) is 2. The molecule has 0 aromatic carbocycles. The molecule has 1 fully saturated rings. The molecule has 1 saturated heterocycles. The summed E-state index contributed by atoms with van der Waals surface area (Å²) in [5, 5.41) is 3.31. The molecule has 0 saturated carbocycles. The fourth-order valence-corrected chi connectivity index (χ4v) is 0.935. The summed E-state index contributed by atoms with van der Waals surface area (Å²) >= 11 is 0. The minimum atomic E-state index is 0.554. The smallest absolute Gasteiger partial charge is 0.0672 e. The van der Waals surface area contributed by atoms with Crippen LogP contribution in [0, 0.1) is 0 Å².